The second kappa shape index (κ2) is 18.7. The maximum absolute atomic E-state index is 13.3. The fourth-order valence-electron chi connectivity index (χ4n) is 5.15. The van der Waals surface area contributed by atoms with Gasteiger partial charge in [-0.1, -0.05) is 47.2 Å². The number of anilines is 2. The average molecular weight is 762 g/mol. The summed E-state index contributed by atoms with van der Waals surface area (Å²) in [6.45, 7) is 3.17. The highest BCUT2D eigenvalue weighted by atomic mass is 35.5. The van der Waals surface area contributed by atoms with Crippen LogP contribution >= 0.6 is 22.9 Å². The number of hydrogen-bond acceptors (Lipinski definition) is 12. The van der Waals surface area contributed by atoms with Gasteiger partial charge in [0.2, 0.25) is 17.1 Å². The molecule has 0 radical (unpaired) electrons. The van der Waals surface area contributed by atoms with Crippen LogP contribution in [0.5, 0.6) is 5.75 Å². The average Bonchev–Trinajstić information content (AvgIpc) is 3.55. The Hall–Kier alpha value is -4.71. The number of benzene rings is 2. The highest BCUT2D eigenvalue weighted by molar-refractivity contribution is 7.15. The molecule has 1 fully saturated rings. The second-order valence-corrected chi connectivity index (χ2v) is 13.2. The summed E-state index contributed by atoms with van der Waals surface area (Å²) >= 11 is 7.38. The summed E-state index contributed by atoms with van der Waals surface area (Å²) in [6.07, 6.45) is -3.44. The summed E-state index contributed by atoms with van der Waals surface area (Å²) in [5, 5.41) is 23.1. The van der Waals surface area contributed by atoms with E-state index in [0.29, 0.717) is 59.5 Å². The van der Waals surface area contributed by atoms with Crippen LogP contribution in [0, 0.1) is 0 Å². The van der Waals surface area contributed by atoms with E-state index in [1.165, 1.54) is 23.5 Å². The van der Waals surface area contributed by atoms with E-state index in [1.807, 2.05) is 0 Å². The number of unbranched alkanes of at least 4 members (excludes halogenated alkanes) is 1. The van der Waals surface area contributed by atoms with Gasteiger partial charge in [-0.3, -0.25) is 24.6 Å². The number of alkyl halides is 3. The molecular formula is C34H35ClF3N7O6S. The van der Waals surface area contributed by atoms with Crippen LogP contribution < -0.4 is 15.4 Å². The van der Waals surface area contributed by atoms with Crippen LogP contribution in [-0.2, 0) is 43.1 Å². The predicted molar refractivity (Wildman–Crippen MR) is 185 cm³/mol. The van der Waals surface area contributed by atoms with Crippen LogP contribution in [0.15, 0.2) is 60.7 Å². The van der Waals surface area contributed by atoms with Gasteiger partial charge in [-0.25, -0.2) is 0 Å². The SMILES string of the molecule is O=C(Cc1cccc(OC(F)(F)F)c1)Nc1ccc(CCCCc2nnc(NC(=O)C(OC(=O)CCN3CCOCC3)c3cccc(Cl)c3)s2)nn1. The van der Waals surface area contributed by atoms with E-state index in [0.717, 1.165) is 38.1 Å². The molecule has 1 aliphatic heterocycles. The van der Waals surface area contributed by atoms with Crippen LogP contribution in [0.4, 0.5) is 24.1 Å². The standard InChI is InChI=1S/C34H35ClF3N7O6S/c35-24-7-4-6-23(21-24)31(50-30(47)13-14-45-15-17-49-18-16-45)32(48)40-33-44-43-29(52-33)10-2-1-8-25-11-12-27(42-41-25)39-28(46)20-22-5-3-9-26(19-22)51-34(36,37)38/h3-7,9,11-12,19,21,31H,1-2,8,10,13-18,20H2,(H,39,42,46)(H,40,44,48). The number of halogens is 4. The number of nitrogens with one attached hydrogen (secondary N) is 2. The fraction of sp³-hybridized carbons (Fsp3) is 0.382. The Bertz CT molecular complexity index is 1810. The summed E-state index contributed by atoms with van der Waals surface area (Å²) in [7, 11) is 0. The summed E-state index contributed by atoms with van der Waals surface area (Å²) in [4.78, 5) is 40.6. The van der Waals surface area contributed by atoms with Gasteiger partial charge in [-0.15, -0.1) is 28.5 Å². The Balaban J connectivity index is 1.05. The van der Waals surface area contributed by atoms with Gasteiger partial charge in [0.25, 0.3) is 5.91 Å². The fourth-order valence-corrected chi connectivity index (χ4v) is 6.13. The first-order chi connectivity index (χ1) is 25.0. The van der Waals surface area contributed by atoms with Gasteiger partial charge >= 0.3 is 12.3 Å². The number of esters is 1. The summed E-state index contributed by atoms with van der Waals surface area (Å²) in [6, 6.07) is 15.1. The molecule has 0 spiro atoms. The van der Waals surface area contributed by atoms with E-state index >= 15 is 0 Å². The molecule has 13 nitrogen and oxygen atoms in total. The number of hydrogen-bond donors (Lipinski definition) is 2. The maximum Gasteiger partial charge on any atom is 0.573 e. The van der Waals surface area contributed by atoms with E-state index in [9.17, 15) is 27.6 Å². The van der Waals surface area contributed by atoms with Crippen molar-refractivity contribution in [3.05, 3.63) is 87.5 Å². The van der Waals surface area contributed by atoms with Gasteiger partial charge in [0.15, 0.2) is 5.82 Å². The van der Waals surface area contributed by atoms with Crippen molar-refractivity contribution in [3.63, 3.8) is 0 Å². The Labute approximate surface area is 305 Å². The molecule has 52 heavy (non-hydrogen) atoms. The monoisotopic (exact) mass is 761 g/mol. The van der Waals surface area contributed by atoms with Gasteiger partial charge in [0.05, 0.1) is 31.7 Å². The minimum atomic E-state index is -4.83. The van der Waals surface area contributed by atoms with Crippen LogP contribution in [0.25, 0.3) is 0 Å². The molecule has 2 aromatic carbocycles. The van der Waals surface area contributed by atoms with Gasteiger partial charge in [0.1, 0.15) is 10.8 Å². The van der Waals surface area contributed by atoms with Crippen molar-refractivity contribution in [1.82, 2.24) is 25.3 Å². The quantitative estimate of drug-likeness (QED) is 0.109. The first kappa shape index (κ1) is 38.5. The zero-order valence-electron chi connectivity index (χ0n) is 27.7. The third-order valence-corrected chi connectivity index (χ3v) is 8.76. The summed E-state index contributed by atoms with van der Waals surface area (Å²) in [5.74, 6) is -1.77. The Morgan fingerprint density at radius 3 is 2.48 bits per heavy atom. The number of carbonyl (C=O) groups excluding carboxylic acids is 3. The number of rotatable bonds is 16. The number of aromatic nitrogens is 4. The van der Waals surface area contributed by atoms with Crippen molar-refractivity contribution >= 4 is 51.7 Å². The molecule has 18 heteroatoms. The van der Waals surface area contributed by atoms with E-state index in [2.05, 4.69) is 40.7 Å². The van der Waals surface area contributed by atoms with Crippen molar-refractivity contribution in [2.24, 2.45) is 0 Å². The Kier molecular flexibility index (Phi) is 13.8. The molecule has 2 N–H and O–H groups in total. The lowest BCUT2D eigenvalue weighted by atomic mass is 10.1. The molecule has 0 aliphatic carbocycles. The number of amides is 2. The molecule has 0 saturated carbocycles. The number of morpholine rings is 1. The first-order valence-corrected chi connectivity index (χ1v) is 17.5. The minimum Gasteiger partial charge on any atom is -0.447 e. The number of carbonyl (C=O) groups is 3. The van der Waals surface area contributed by atoms with Crippen molar-refractivity contribution < 1.29 is 41.8 Å². The van der Waals surface area contributed by atoms with E-state index in [-0.39, 0.29) is 23.8 Å². The van der Waals surface area contributed by atoms with Crippen LogP contribution in [-0.4, -0.2) is 82.3 Å². The molecule has 1 aliphatic rings. The lowest BCUT2D eigenvalue weighted by Gasteiger charge is -2.26. The summed E-state index contributed by atoms with van der Waals surface area (Å²) < 4.78 is 52.3. The minimum absolute atomic E-state index is 0.116. The lowest BCUT2D eigenvalue weighted by Crippen LogP contribution is -2.38. The van der Waals surface area contributed by atoms with Gasteiger partial charge in [0, 0.05) is 36.6 Å². The Morgan fingerprint density at radius 2 is 1.73 bits per heavy atom. The van der Waals surface area contributed by atoms with Gasteiger partial charge < -0.3 is 19.5 Å². The number of aryl methyl sites for hydroxylation is 2. The first-order valence-electron chi connectivity index (χ1n) is 16.3. The molecule has 4 aromatic rings. The molecule has 1 unspecified atom stereocenters. The zero-order valence-corrected chi connectivity index (χ0v) is 29.3. The molecule has 5 rings (SSSR count). The highest BCUT2D eigenvalue weighted by Crippen LogP contribution is 2.26. The topological polar surface area (TPSA) is 158 Å². The zero-order chi connectivity index (χ0) is 36.9. The molecule has 2 aromatic heterocycles. The normalized spacial score (nSPS) is 14.0. The lowest BCUT2D eigenvalue weighted by molar-refractivity contribution is -0.274. The molecule has 1 atom stereocenters. The second-order valence-electron chi connectivity index (χ2n) is 11.7. The molecule has 2 amide bonds. The van der Waals surface area contributed by atoms with Crippen molar-refractivity contribution in [3.8, 4) is 5.75 Å². The molecule has 276 valence electrons. The maximum atomic E-state index is 13.3. The van der Waals surface area contributed by atoms with Gasteiger partial charge in [-0.2, -0.15) is 5.10 Å². The predicted octanol–water partition coefficient (Wildman–Crippen LogP) is 5.57. The van der Waals surface area contributed by atoms with Crippen LogP contribution in [0.1, 0.15) is 47.2 Å². The number of ether oxygens (including phenoxy) is 3. The van der Waals surface area contributed by atoms with Crippen LogP contribution in [0.2, 0.25) is 5.02 Å². The van der Waals surface area contributed by atoms with Crippen molar-refractivity contribution in [1.29, 1.82) is 0 Å². The number of nitrogens with zero attached hydrogens (tertiary/aromatic N) is 5. The Morgan fingerprint density at radius 1 is 0.942 bits per heavy atom. The third kappa shape index (κ3) is 12.8. The van der Waals surface area contributed by atoms with Gasteiger partial charge in [-0.05, 0) is 61.2 Å². The molecule has 0 bridgehead atoms. The van der Waals surface area contributed by atoms with Crippen LogP contribution in [0.3, 0.4) is 0 Å². The van der Waals surface area contributed by atoms with E-state index < -0.39 is 36.0 Å². The van der Waals surface area contributed by atoms with Crippen molar-refractivity contribution in [2.45, 2.75) is 51.0 Å². The summed E-state index contributed by atoms with van der Waals surface area (Å²) in [5.41, 5.74) is 1.47. The highest BCUT2D eigenvalue weighted by Gasteiger charge is 2.31. The van der Waals surface area contributed by atoms with Crippen molar-refractivity contribution in [2.75, 3.05) is 43.5 Å². The molecule has 3 heterocycles. The third-order valence-electron chi connectivity index (χ3n) is 7.63. The smallest absolute Gasteiger partial charge is 0.447 e. The van der Waals surface area contributed by atoms with E-state index in [1.54, 1.807) is 36.4 Å². The van der Waals surface area contributed by atoms with E-state index in [4.69, 9.17) is 21.1 Å². The molecule has 1 saturated heterocycles. The largest absolute Gasteiger partial charge is 0.573 e. The molecular weight excluding hydrogens is 727 g/mol.